The van der Waals surface area contributed by atoms with Gasteiger partial charge in [-0.2, -0.15) is 0 Å². The molecule has 0 saturated carbocycles. The predicted molar refractivity (Wildman–Crippen MR) is 115 cm³/mol. The maximum Gasteiger partial charge on any atom is 0.335 e. The zero-order valence-corrected chi connectivity index (χ0v) is 17.1. The van der Waals surface area contributed by atoms with Crippen molar-refractivity contribution in [2.75, 3.05) is 12.4 Å². The molecule has 0 radical (unpaired) electrons. The van der Waals surface area contributed by atoms with E-state index in [1.54, 1.807) is 18.2 Å². The Morgan fingerprint density at radius 3 is 2.31 bits per heavy atom. The summed E-state index contributed by atoms with van der Waals surface area (Å²) in [6.07, 6.45) is 0. The van der Waals surface area contributed by atoms with Crippen LogP contribution in [0.3, 0.4) is 0 Å². The first-order valence-corrected chi connectivity index (χ1v) is 9.53. The number of methoxy groups -OCH3 is 1. The molecule has 0 aliphatic heterocycles. The molecule has 0 unspecified atom stereocenters. The molecule has 3 aromatic carbocycles. The van der Waals surface area contributed by atoms with Crippen LogP contribution in [0.1, 0.15) is 21.5 Å². The molecular formula is C22H19Cl2NO4. The Labute approximate surface area is 178 Å². The molecular weight excluding hydrogens is 413 g/mol. The summed E-state index contributed by atoms with van der Waals surface area (Å²) in [5.41, 5.74) is 2.55. The summed E-state index contributed by atoms with van der Waals surface area (Å²) >= 11 is 12.7. The maximum absolute atomic E-state index is 11.2. The molecule has 0 heterocycles. The monoisotopic (exact) mass is 431 g/mol. The number of hydrogen-bond acceptors (Lipinski definition) is 4. The van der Waals surface area contributed by atoms with Crippen molar-refractivity contribution in [3.05, 3.63) is 87.4 Å². The van der Waals surface area contributed by atoms with Crippen LogP contribution in [0.25, 0.3) is 0 Å². The lowest BCUT2D eigenvalue weighted by Crippen LogP contribution is -2.05. The molecule has 0 bridgehead atoms. The minimum absolute atomic E-state index is 0.161. The topological polar surface area (TPSA) is 67.8 Å². The molecule has 0 fully saturated rings. The number of nitrogens with one attached hydrogen (secondary N) is 1. The number of halogens is 2. The minimum Gasteiger partial charge on any atom is -0.495 e. The van der Waals surface area contributed by atoms with Gasteiger partial charge in [0, 0.05) is 6.54 Å². The van der Waals surface area contributed by atoms with Crippen molar-refractivity contribution in [1.82, 2.24) is 0 Å². The van der Waals surface area contributed by atoms with E-state index in [4.69, 9.17) is 32.7 Å². The summed E-state index contributed by atoms with van der Waals surface area (Å²) in [5.74, 6) is -0.0527. The van der Waals surface area contributed by atoms with Crippen molar-refractivity contribution in [2.45, 2.75) is 13.2 Å². The van der Waals surface area contributed by atoms with Gasteiger partial charge in [-0.15, -0.1) is 0 Å². The number of ether oxygens (including phenoxy) is 2. The van der Waals surface area contributed by atoms with Crippen LogP contribution < -0.4 is 14.8 Å². The molecule has 0 aliphatic carbocycles. The molecule has 5 nitrogen and oxygen atoms in total. The second-order valence-electron chi connectivity index (χ2n) is 6.24. The van der Waals surface area contributed by atoms with E-state index in [1.807, 2.05) is 30.3 Å². The molecule has 0 amide bonds. The lowest BCUT2D eigenvalue weighted by atomic mass is 10.1. The van der Waals surface area contributed by atoms with Crippen LogP contribution in [-0.4, -0.2) is 18.2 Å². The van der Waals surface area contributed by atoms with E-state index < -0.39 is 5.97 Å². The molecule has 0 aliphatic rings. The minimum atomic E-state index is -1.01. The third-order valence-electron chi connectivity index (χ3n) is 4.21. The first kappa shape index (κ1) is 20.8. The third kappa shape index (κ3) is 5.34. The second kappa shape index (κ2) is 9.54. The highest BCUT2D eigenvalue weighted by atomic mass is 35.5. The first-order chi connectivity index (χ1) is 14.0. The van der Waals surface area contributed by atoms with Crippen LogP contribution in [0.4, 0.5) is 5.69 Å². The van der Waals surface area contributed by atoms with Crippen molar-refractivity contribution in [2.24, 2.45) is 0 Å². The van der Waals surface area contributed by atoms with Crippen molar-refractivity contribution in [3.8, 4) is 11.5 Å². The normalized spacial score (nSPS) is 10.4. The highest BCUT2D eigenvalue weighted by molar-refractivity contribution is 6.37. The molecule has 2 N–H and O–H groups in total. The smallest absolute Gasteiger partial charge is 0.335 e. The lowest BCUT2D eigenvalue weighted by molar-refractivity contribution is 0.0697. The summed E-state index contributed by atoms with van der Waals surface area (Å²) in [7, 11) is 1.52. The van der Waals surface area contributed by atoms with Gasteiger partial charge in [0.15, 0.2) is 5.75 Å². The van der Waals surface area contributed by atoms with Gasteiger partial charge in [-0.3, -0.25) is 0 Å². The highest BCUT2D eigenvalue weighted by Crippen LogP contribution is 2.35. The van der Waals surface area contributed by atoms with Crippen LogP contribution in [0, 0.1) is 0 Å². The van der Waals surface area contributed by atoms with Gasteiger partial charge in [0.1, 0.15) is 12.4 Å². The largest absolute Gasteiger partial charge is 0.495 e. The molecule has 0 atom stereocenters. The van der Waals surface area contributed by atoms with E-state index in [0.717, 1.165) is 11.1 Å². The Kier molecular flexibility index (Phi) is 6.86. The quantitative estimate of drug-likeness (QED) is 0.465. The van der Waals surface area contributed by atoms with Gasteiger partial charge in [0.25, 0.3) is 0 Å². The number of carboxylic acids is 1. The second-order valence-corrected chi connectivity index (χ2v) is 7.05. The SMILES string of the molecule is COc1ccc(C(=O)O)cc1NCc1cc(Cl)c(OCc2ccccc2)c(Cl)c1. The van der Waals surface area contributed by atoms with E-state index in [1.165, 1.54) is 19.2 Å². The van der Waals surface area contributed by atoms with Gasteiger partial charge in [-0.05, 0) is 41.5 Å². The first-order valence-electron chi connectivity index (χ1n) is 8.77. The van der Waals surface area contributed by atoms with Gasteiger partial charge in [-0.1, -0.05) is 53.5 Å². The van der Waals surface area contributed by atoms with Crippen LogP contribution >= 0.6 is 23.2 Å². The van der Waals surface area contributed by atoms with Crippen LogP contribution in [-0.2, 0) is 13.2 Å². The maximum atomic E-state index is 11.2. The molecule has 0 saturated heterocycles. The van der Waals surface area contributed by atoms with E-state index in [-0.39, 0.29) is 5.56 Å². The predicted octanol–water partition coefficient (Wildman–Crippen LogP) is 5.89. The summed E-state index contributed by atoms with van der Waals surface area (Å²) < 4.78 is 11.1. The van der Waals surface area contributed by atoms with Crippen LogP contribution in [0.5, 0.6) is 11.5 Å². The number of carboxylic acid groups (broad SMARTS) is 1. The van der Waals surface area contributed by atoms with Crippen molar-refractivity contribution >= 4 is 34.9 Å². The number of carbonyl (C=O) groups is 1. The molecule has 7 heteroatoms. The molecule has 0 spiro atoms. The summed E-state index contributed by atoms with van der Waals surface area (Å²) in [6.45, 7) is 0.731. The summed E-state index contributed by atoms with van der Waals surface area (Å²) in [5, 5.41) is 13.1. The Morgan fingerprint density at radius 1 is 1.00 bits per heavy atom. The fraction of sp³-hybridized carbons (Fsp3) is 0.136. The Morgan fingerprint density at radius 2 is 1.69 bits per heavy atom. The number of aromatic carboxylic acids is 1. The van der Waals surface area contributed by atoms with Crippen molar-refractivity contribution in [3.63, 3.8) is 0 Å². The number of benzene rings is 3. The third-order valence-corrected chi connectivity index (χ3v) is 4.77. The van der Waals surface area contributed by atoms with Gasteiger partial charge < -0.3 is 19.9 Å². The molecule has 0 aromatic heterocycles. The zero-order valence-electron chi connectivity index (χ0n) is 15.6. The lowest BCUT2D eigenvalue weighted by Gasteiger charge is -2.14. The molecule has 3 rings (SSSR count). The van der Waals surface area contributed by atoms with E-state index >= 15 is 0 Å². The Hall–Kier alpha value is -2.89. The van der Waals surface area contributed by atoms with E-state index in [9.17, 15) is 9.90 Å². The number of anilines is 1. The van der Waals surface area contributed by atoms with Crippen molar-refractivity contribution in [1.29, 1.82) is 0 Å². The van der Waals surface area contributed by atoms with E-state index in [0.29, 0.717) is 40.4 Å². The summed E-state index contributed by atoms with van der Waals surface area (Å²) in [4.78, 5) is 11.2. The number of hydrogen-bond donors (Lipinski definition) is 2. The Bertz CT molecular complexity index is 986. The Balaban J connectivity index is 1.72. The summed E-state index contributed by atoms with van der Waals surface area (Å²) in [6, 6.07) is 17.8. The highest BCUT2D eigenvalue weighted by Gasteiger charge is 2.12. The average Bonchev–Trinajstić information content (AvgIpc) is 2.72. The molecule has 150 valence electrons. The number of rotatable bonds is 8. The van der Waals surface area contributed by atoms with Gasteiger partial charge in [0.05, 0.1) is 28.4 Å². The molecule has 29 heavy (non-hydrogen) atoms. The van der Waals surface area contributed by atoms with Gasteiger partial charge in [-0.25, -0.2) is 4.79 Å². The van der Waals surface area contributed by atoms with Crippen molar-refractivity contribution < 1.29 is 19.4 Å². The van der Waals surface area contributed by atoms with Crippen LogP contribution in [0.15, 0.2) is 60.7 Å². The zero-order chi connectivity index (χ0) is 20.8. The fourth-order valence-electron chi connectivity index (χ4n) is 2.76. The van der Waals surface area contributed by atoms with Crippen LogP contribution in [0.2, 0.25) is 10.0 Å². The van der Waals surface area contributed by atoms with E-state index in [2.05, 4.69) is 5.32 Å². The van der Waals surface area contributed by atoms with Gasteiger partial charge in [0.2, 0.25) is 0 Å². The molecule has 3 aromatic rings. The fourth-order valence-corrected chi connectivity index (χ4v) is 3.40. The van der Waals surface area contributed by atoms with Gasteiger partial charge >= 0.3 is 5.97 Å². The standard InChI is InChI=1S/C22H19Cl2NO4/c1-28-20-8-7-16(22(26)27)11-19(20)25-12-15-9-17(23)21(18(24)10-15)29-13-14-5-3-2-4-6-14/h2-11,25H,12-13H2,1H3,(H,26,27). The average molecular weight is 432 g/mol.